The van der Waals surface area contributed by atoms with Crippen LogP contribution >= 0.6 is 0 Å². The minimum absolute atomic E-state index is 0.198. The van der Waals surface area contributed by atoms with Crippen LogP contribution in [0.4, 0.5) is 5.69 Å². The van der Waals surface area contributed by atoms with E-state index in [4.69, 9.17) is 4.52 Å². The summed E-state index contributed by atoms with van der Waals surface area (Å²) >= 11 is 0. The second-order valence-electron chi connectivity index (χ2n) is 4.64. The lowest BCUT2D eigenvalue weighted by atomic mass is 10.1. The predicted octanol–water partition coefficient (Wildman–Crippen LogP) is 1.66. The van der Waals surface area contributed by atoms with E-state index in [1.54, 1.807) is 6.92 Å². The summed E-state index contributed by atoms with van der Waals surface area (Å²) in [6.07, 6.45) is 1.34. The van der Waals surface area contributed by atoms with Crippen molar-refractivity contribution in [3.05, 3.63) is 47.9 Å². The molecule has 0 spiro atoms. The zero-order valence-electron chi connectivity index (χ0n) is 10.9. The first-order chi connectivity index (χ1) is 9.66. The van der Waals surface area contributed by atoms with Gasteiger partial charge >= 0.3 is 0 Å². The Morgan fingerprint density at radius 1 is 1.40 bits per heavy atom. The number of anilines is 1. The number of nitrogens with one attached hydrogen (secondary N) is 1. The summed E-state index contributed by atoms with van der Waals surface area (Å²) in [6.45, 7) is 2.04. The fourth-order valence-corrected chi connectivity index (χ4v) is 2.20. The smallest absolute Gasteiger partial charge is 0.277 e. The molecule has 2 aromatic rings. The highest BCUT2D eigenvalue weighted by Crippen LogP contribution is 2.23. The molecule has 6 nitrogen and oxygen atoms in total. The van der Waals surface area contributed by atoms with Gasteiger partial charge in [-0.3, -0.25) is 9.59 Å². The first-order valence-corrected chi connectivity index (χ1v) is 6.27. The van der Waals surface area contributed by atoms with Crippen molar-refractivity contribution in [3.63, 3.8) is 0 Å². The Bertz CT molecular complexity index is 651. The van der Waals surface area contributed by atoms with Gasteiger partial charge in [0.05, 0.1) is 0 Å². The SMILES string of the molecule is CC1C(=O)Nc2ccccc2CN1C(=O)c1ccon1. The topological polar surface area (TPSA) is 75.4 Å². The monoisotopic (exact) mass is 271 g/mol. The number of benzene rings is 1. The summed E-state index contributed by atoms with van der Waals surface area (Å²) in [5.74, 6) is -0.537. The molecule has 0 radical (unpaired) electrons. The predicted molar refractivity (Wildman–Crippen MR) is 70.9 cm³/mol. The van der Waals surface area contributed by atoms with Crippen LogP contribution in [0.1, 0.15) is 23.0 Å². The highest BCUT2D eigenvalue weighted by molar-refractivity contribution is 6.01. The maximum Gasteiger partial charge on any atom is 0.277 e. The van der Waals surface area contributed by atoms with Gasteiger partial charge in [0.2, 0.25) is 5.91 Å². The minimum atomic E-state index is -0.577. The zero-order chi connectivity index (χ0) is 14.1. The van der Waals surface area contributed by atoms with Gasteiger partial charge in [0.1, 0.15) is 12.3 Å². The molecular weight excluding hydrogens is 258 g/mol. The lowest BCUT2D eigenvalue weighted by molar-refractivity contribution is -0.120. The third-order valence-corrected chi connectivity index (χ3v) is 3.38. The van der Waals surface area contributed by atoms with Crippen molar-refractivity contribution in [2.45, 2.75) is 19.5 Å². The van der Waals surface area contributed by atoms with Gasteiger partial charge in [0.15, 0.2) is 5.69 Å². The highest BCUT2D eigenvalue weighted by Gasteiger charge is 2.31. The van der Waals surface area contributed by atoms with Crippen molar-refractivity contribution in [1.29, 1.82) is 0 Å². The molecule has 2 heterocycles. The molecule has 0 saturated carbocycles. The molecule has 0 bridgehead atoms. The van der Waals surface area contributed by atoms with E-state index in [2.05, 4.69) is 10.5 Å². The number of hydrogen-bond acceptors (Lipinski definition) is 4. The molecule has 1 N–H and O–H groups in total. The molecule has 6 heteroatoms. The van der Waals surface area contributed by atoms with E-state index in [-0.39, 0.29) is 17.5 Å². The number of aromatic nitrogens is 1. The molecule has 0 aliphatic carbocycles. The van der Waals surface area contributed by atoms with Gasteiger partial charge in [-0.25, -0.2) is 0 Å². The van der Waals surface area contributed by atoms with Crippen LogP contribution in [0, 0.1) is 0 Å². The van der Waals surface area contributed by atoms with E-state index in [9.17, 15) is 9.59 Å². The maximum atomic E-state index is 12.4. The maximum absolute atomic E-state index is 12.4. The zero-order valence-corrected chi connectivity index (χ0v) is 10.9. The Hall–Kier alpha value is -2.63. The lowest BCUT2D eigenvalue weighted by Gasteiger charge is -2.24. The first kappa shape index (κ1) is 12.4. The summed E-state index contributed by atoms with van der Waals surface area (Å²) in [4.78, 5) is 26.0. The number of amides is 2. The van der Waals surface area contributed by atoms with Gasteiger partial charge in [-0.15, -0.1) is 0 Å². The fraction of sp³-hybridized carbons (Fsp3) is 0.214. The Labute approximate surface area is 115 Å². The summed E-state index contributed by atoms with van der Waals surface area (Å²) in [5, 5.41) is 6.47. The summed E-state index contributed by atoms with van der Waals surface area (Å²) in [5.41, 5.74) is 1.82. The molecule has 1 aromatic carbocycles. The molecule has 1 aliphatic rings. The molecule has 1 aromatic heterocycles. The van der Waals surface area contributed by atoms with E-state index >= 15 is 0 Å². The van der Waals surface area contributed by atoms with Crippen LogP contribution in [0.25, 0.3) is 0 Å². The molecule has 3 rings (SSSR count). The third-order valence-electron chi connectivity index (χ3n) is 3.38. The fourth-order valence-electron chi connectivity index (χ4n) is 2.20. The second-order valence-corrected chi connectivity index (χ2v) is 4.64. The molecule has 1 unspecified atom stereocenters. The molecular formula is C14H13N3O3. The van der Waals surface area contributed by atoms with Crippen molar-refractivity contribution in [3.8, 4) is 0 Å². The van der Waals surface area contributed by atoms with E-state index in [0.717, 1.165) is 11.3 Å². The van der Waals surface area contributed by atoms with Crippen LogP contribution in [0.15, 0.2) is 41.1 Å². The molecule has 1 aliphatic heterocycles. The quantitative estimate of drug-likeness (QED) is 0.855. The largest absolute Gasteiger partial charge is 0.364 e. The molecule has 2 amide bonds. The van der Waals surface area contributed by atoms with E-state index < -0.39 is 6.04 Å². The minimum Gasteiger partial charge on any atom is -0.364 e. The summed E-state index contributed by atoms with van der Waals surface area (Å²) < 4.78 is 4.69. The number of nitrogens with zero attached hydrogens (tertiary/aromatic N) is 2. The van der Waals surface area contributed by atoms with Crippen molar-refractivity contribution in [1.82, 2.24) is 10.1 Å². The average Bonchev–Trinajstić information content (AvgIpc) is 2.95. The van der Waals surface area contributed by atoms with Crippen LogP contribution in [-0.2, 0) is 11.3 Å². The number of rotatable bonds is 1. The third kappa shape index (κ3) is 2.05. The van der Waals surface area contributed by atoms with Crippen LogP contribution in [0.3, 0.4) is 0 Å². The number of hydrogen-bond donors (Lipinski definition) is 1. The Kier molecular flexibility index (Phi) is 2.98. The average molecular weight is 271 g/mol. The lowest BCUT2D eigenvalue weighted by Crippen LogP contribution is -2.43. The Balaban J connectivity index is 1.98. The van der Waals surface area contributed by atoms with Crippen molar-refractivity contribution >= 4 is 17.5 Å². The normalized spacial score (nSPS) is 18.1. The number of fused-ring (bicyclic) bond motifs is 1. The van der Waals surface area contributed by atoms with Gasteiger partial charge in [-0.2, -0.15) is 0 Å². The number of carbonyl (C=O) groups is 2. The van der Waals surface area contributed by atoms with Gasteiger partial charge in [0.25, 0.3) is 5.91 Å². The highest BCUT2D eigenvalue weighted by atomic mass is 16.5. The van der Waals surface area contributed by atoms with Gasteiger partial charge in [-0.05, 0) is 18.6 Å². The second kappa shape index (κ2) is 4.80. The van der Waals surface area contributed by atoms with Gasteiger partial charge < -0.3 is 14.7 Å². The van der Waals surface area contributed by atoms with Gasteiger partial charge in [-0.1, -0.05) is 23.4 Å². The molecule has 0 saturated heterocycles. The van der Waals surface area contributed by atoms with Crippen LogP contribution in [0.2, 0.25) is 0 Å². The first-order valence-electron chi connectivity index (χ1n) is 6.27. The van der Waals surface area contributed by atoms with Crippen LogP contribution < -0.4 is 5.32 Å². The summed E-state index contributed by atoms with van der Waals surface area (Å²) in [6, 6.07) is 8.34. The Morgan fingerprint density at radius 3 is 2.95 bits per heavy atom. The van der Waals surface area contributed by atoms with Crippen molar-refractivity contribution in [2.75, 3.05) is 5.32 Å². The van der Waals surface area contributed by atoms with Crippen LogP contribution in [0.5, 0.6) is 0 Å². The molecule has 20 heavy (non-hydrogen) atoms. The number of carbonyl (C=O) groups excluding carboxylic acids is 2. The molecule has 0 fully saturated rings. The molecule has 1 atom stereocenters. The van der Waals surface area contributed by atoms with E-state index in [1.807, 2.05) is 24.3 Å². The van der Waals surface area contributed by atoms with Crippen molar-refractivity contribution < 1.29 is 14.1 Å². The van der Waals surface area contributed by atoms with Crippen molar-refractivity contribution in [2.24, 2.45) is 0 Å². The summed E-state index contributed by atoms with van der Waals surface area (Å²) in [7, 11) is 0. The van der Waals surface area contributed by atoms with E-state index in [1.165, 1.54) is 17.2 Å². The standard InChI is InChI=1S/C14H13N3O3/c1-9-13(18)15-11-5-3-2-4-10(11)8-17(9)14(19)12-6-7-20-16-12/h2-7,9H,8H2,1H3,(H,15,18). The molecule has 102 valence electrons. The van der Waals surface area contributed by atoms with Gasteiger partial charge in [0, 0.05) is 18.3 Å². The van der Waals surface area contributed by atoms with Crippen LogP contribution in [-0.4, -0.2) is 27.9 Å². The number of para-hydroxylation sites is 1. The Morgan fingerprint density at radius 2 is 2.20 bits per heavy atom. The van der Waals surface area contributed by atoms with E-state index in [0.29, 0.717) is 6.54 Å².